The van der Waals surface area contributed by atoms with Gasteiger partial charge in [-0.1, -0.05) is 13.8 Å². The lowest BCUT2D eigenvalue weighted by molar-refractivity contribution is 0.324. The second kappa shape index (κ2) is 7.74. The summed E-state index contributed by atoms with van der Waals surface area (Å²) in [5, 5.41) is 4.57. The van der Waals surface area contributed by atoms with Crippen molar-refractivity contribution >= 4 is 11.8 Å². The Labute approximate surface area is 109 Å². The molecule has 17 heavy (non-hydrogen) atoms. The van der Waals surface area contributed by atoms with Crippen molar-refractivity contribution < 1.29 is 0 Å². The zero-order valence-electron chi connectivity index (χ0n) is 11.1. The number of thioether (sulfide) groups is 1. The number of nitrogens with zero attached hydrogens (tertiary/aromatic N) is 3. The van der Waals surface area contributed by atoms with Gasteiger partial charge in [0.25, 0.3) is 0 Å². The van der Waals surface area contributed by atoms with Crippen LogP contribution >= 0.6 is 11.8 Å². The maximum absolute atomic E-state index is 5.82. The van der Waals surface area contributed by atoms with Crippen LogP contribution in [0.15, 0.2) is 12.4 Å². The van der Waals surface area contributed by atoms with Gasteiger partial charge in [-0.3, -0.25) is 4.68 Å². The molecule has 0 aliphatic rings. The molecule has 0 saturated carbocycles. The van der Waals surface area contributed by atoms with Gasteiger partial charge in [0.2, 0.25) is 0 Å². The van der Waals surface area contributed by atoms with Crippen LogP contribution in [0.2, 0.25) is 0 Å². The average Bonchev–Trinajstić information content (AvgIpc) is 2.76. The van der Waals surface area contributed by atoms with E-state index in [1.54, 1.807) is 0 Å². The number of aromatic nitrogens is 2. The van der Waals surface area contributed by atoms with E-state index in [4.69, 9.17) is 5.73 Å². The first kappa shape index (κ1) is 14.5. The Morgan fingerprint density at radius 2 is 2.18 bits per heavy atom. The molecule has 0 aliphatic carbocycles. The molecule has 98 valence electrons. The third kappa shape index (κ3) is 4.69. The Morgan fingerprint density at radius 1 is 1.47 bits per heavy atom. The molecule has 0 radical (unpaired) electrons. The van der Waals surface area contributed by atoms with Crippen molar-refractivity contribution in [2.45, 2.75) is 19.1 Å². The molecule has 1 atom stereocenters. The van der Waals surface area contributed by atoms with Gasteiger partial charge in [0, 0.05) is 42.9 Å². The van der Waals surface area contributed by atoms with Crippen LogP contribution in [0.25, 0.3) is 0 Å². The minimum Gasteiger partial charge on any atom is -0.329 e. The molecule has 0 amide bonds. The summed E-state index contributed by atoms with van der Waals surface area (Å²) < 4.78 is 1.84. The Bertz CT molecular complexity index is 309. The van der Waals surface area contributed by atoms with E-state index >= 15 is 0 Å². The molecule has 1 heterocycles. The van der Waals surface area contributed by atoms with Crippen LogP contribution in [0, 0.1) is 0 Å². The summed E-state index contributed by atoms with van der Waals surface area (Å²) >= 11 is 1.93. The van der Waals surface area contributed by atoms with Crippen molar-refractivity contribution in [3.05, 3.63) is 18.0 Å². The molecule has 0 saturated heterocycles. The number of aryl methyl sites for hydroxylation is 1. The zero-order chi connectivity index (χ0) is 12.7. The first-order valence-electron chi connectivity index (χ1n) is 6.23. The van der Waals surface area contributed by atoms with E-state index in [9.17, 15) is 0 Å². The summed E-state index contributed by atoms with van der Waals surface area (Å²) in [4.78, 5) is 2.43. The molecule has 5 heteroatoms. The molecule has 1 unspecified atom stereocenters. The maximum Gasteiger partial charge on any atom is 0.0533 e. The topological polar surface area (TPSA) is 47.1 Å². The Hall–Kier alpha value is -0.520. The molecule has 2 N–H and O–H groups in total. The van der Waals surface area contributed by atoms with Gasteiger partial charge in [-0.25, -0.2) is 0 Å². The van der Waals surface area contributed by atoms with Crippen LogP contribution in [0.1, 0.15) is 24.7 Å². The highest BCUT2D eigenvalue weighted by molar-refractivity contribution is 7.99. The highest BCUT2D eigenvalue weighted by atomic mass is 32.2. The Morgan fingerprint density at radius 3 is 2.65 bits per heavy atom. The van der Waals surface area contributed by atoms with Crippen LogP contribution < -0.4 is 5.73 Å². The van der Waals surface area contributed by atoms with Crippen LogP contribution in [0.5, 0.6) is 0 Å². The number of rotatable bonds is 8. The van der Waals surface area contributed by atoms with E-state index < -0.39 is 0 Å². The molecule has 1 aromatic rings. The van der Waals surface area contributed by atoms with Gasteiger partial charge in [-0.2, -0.15) is 16.9 Å². The highest BCUT2D eigenvalue weighted by Gasteiger charge is 2.12. The zero-order valence-corrected chi connectivity index (χ0v) is 11.9. The van der Waals surface area contributed by atoms with Crippen LogP contribution in [-0.2, 0) is 7.05 Å². The summed E-state index contributed by atoms with van der Waals surface area (Å²) in [7, 11) is 1.94. The molecular weight excluding hydrogens is 232 g/mol. The smallest absolute Gasteiger partial charge is 0.0533 e. The van der Waals surface area contributed by atoms with Gasteiger partial charge in [0.1, 0.15) is 0 Å². The van der Waals surface area contributed by atoms with Crippen molar-refractivity contribution in [2.75, 3.05) is 31.9 Å². The number of hydrogen-bond donors (Lipinski definition) is 1. The fourth-order valence-electron chi connectivity index (χ4n) is 1.77. The standard InChI is InChI=1S/C12H24N4S/c1-4-16(5-2)6-7-17-12(8-13)11-9-14-15(3)10-11/h9-10,12H,4-8,13H2,1-3H3. The normalized spacial score (nSPS) is 13.2. The highest BCUT2D eigenvalue weighted by Crippen LogP contribution is 2.26. The fraction of sp³-hybridized carbons (Fsp3) is 0.750. The molecule has 4 nitrogen and oxygen atoms in total. The van der Waals surface area contributed by atoms with Crippen LogP contribution in [0.4, 0.5) is 0 Å². The molecule has 0 bridgehead atoms. The molecule has 1 aromatic heterocycles. The summed E-state index contributed by atoms with van der Waals surface area (Å²) in [6.45, 7) is 8.46. The van der Waals surface area contributed by atoms with E-state index in [0.29, 0.717) is 11.8 Å². The molecule has 0 aromatic carbocycles. The molecule has 0 spiro atoms. The molecule has 1 rings (SSSR count). The lowest BCUT2D eigenvalue weighted by Gasteiger charge is -2.19. The van der Waals surface area contributed by atoms with Crippen molar-refractivity contribution in [2.24, 2.45) is 12.8 Å². The second-order valence-corrected chi connectivity index (χ2v) is 5.38. The lowest BCUT2D eigenvalue weighted by atomic mass is 10.2. The first-order chi connectivity index (χ1) is 8.21. The predicted molar refractivity (Wildman–Crippen MR) is 75.2 cm³/mol. The average molecular weight is 256 g/mol. The van der Waals surface area contributed by atoms with Gasteiger partial charge < -0.3 is 10.6 Å². The van der Waals surface area contributed by atoms with Gasteiger partial charge in [-0.15, -0.1) is 0 Å². The van der Waals surface area contributed by atoms with Crippen LogP contribution in [0.3, 0.4) is 0 Å². The largest absolute Gasteiger partial charge is 0.329 e. The lowest BCUT2D eigenvalue weighted by Crippen LogP contribution is -2.26. The summed E-state index contributed by atoms with van der Waals surface area (Å²) in [5.74, 6) is 1.12. The monoisotopic (exact) mass is 256 g/mol. The second-order valence-electron chi connectivity index (χ2n) is 4.07. The predicted octanol–water partition coefficient (Wildman–Crippen LogP) is 1.49. The Kier molecular flexibility index (Phi) is 6.62. The van der Waals surface area contributed by atoms with Crippen molar-refractivity contribution in [3.8, 4) is 0 Å². The maximum atomic E-state index is 5.82. The van der Waals surface area contributed by atoms with Crippen LogP contribution in [-0.4, -0.2) is 46.6 Å². The summed E-state index contributed by atoms with van der Waals surface area (Å²) in [6, 6.07) is 0. The molecule has 0 aliphatic heterocycles. The van der Waals surface area contributed by atoms with Gasteiger partial charge in [0.15, 0.2) is 0 Å². The van der Waals surface area contributed by atoms with E-state index in [0.717, 1.165) is 25.4 Å². The minimum atomic E-state index is 0.374. The van der Waals surface area contributed by atoms with Crippen molar-refractivity contribution in [1.82, 2.24) is 14.7 Å². The third-order valence-corrected chi connectivity index (χ3v) is 4.22. The van der Waals surface area contributed by atoms with Gasteiger partial charge in [0.05, 0.1) is 6.20 Å². The SMILES string of the molecule is CCN(CC)CCSC(CN)c1cnn(C)c1. The summed E-state index contributed by atoms with van der Waals surface area (Å²) in [6.07, 6.45) is 3.98. The Balaban J connectivity index is 2.38. The first-order valence-corrected chi connectivity index (χ1v) is 7.28. The van der Waals surface area contributed by atoms with Gasteiger partial charge in [-0.05, 0) is 13.1 Å². The number of hydrogen-bond acceptors (Lipinski definition) is 4. The minimum absolute atomic E-state index is 0.374. The molecular formula is C12H24N4S. The number of nitrogens with two attached hydrogens (primary N) is 1. The van der Waals surface area contributed by atoms with E-state index in [2.05, 4.69) is 30.0 Å². The van der Waals surface area contributed by atoms with Crippen molar-refractivity contribution in [3.63, 3.8) is 0 Å². The molecule has 0 fully saturated rings. The quantitative estimate of drug-likeness (QED) is 0.765. The van der Waals surface area contributed by atoms with E-state index in [1.807, 2.05) is 29.7 Å². The van der Waals surface area contributed by atoms with Crippen molar-refractivity contribution in [1.29, 1.82) is 0 Å². The van der Waals surface area contributed by atoms with Gasteiger partial charge >= 0.3 is 0 Å². The third-order valence-electron chi connectivity index (χ3n) is 2.93. The summed E-state index contributed by atoms with van der Waals surface area (Å²) in [5.41, 5.74) is 7.06. The van der Waals surface area contributed by atoms with E-state index in [-0.39, 0.29) is 0 Å². The van der Waals surface area contributed by atoms with E-state index in [1.165, 1.54) is 5.56 Å². The fourth-order valence-corrected chi connectivity index (χ4v) is 2.87.